The molecule has 3 rings (SSSR count). The normalized spacial score (nSPS) is 12.0. The van der Waals surface area contributed by atoms with E-state index in [-0.39, 0.29) is 11.4 Å². The third kappa shape index (κ3) is 7.83. The summed E-state index contributed by atoms with van der Waals surface area (Å²) in [7, 11) is 0. The molecule has 0 aliphatic heterocycles. The van der Waals surface area contributed by atoms with Gasteiger partial charge in [-0.05, 0) is 56.4 Å². The molecule has 1 atom stereocenters. The zero-order valence-corrected chi connectivity index (χ0v) is 21.3. The standard InChI is InChI=1S/C29H34N2O5/c1-5-6-8-11-21-14-16-23(17-15-21)27(22-12-9-7-10-13-22)35-26-19-18-24(31(33)34)20-25(26)30-28(32)36-29(2,3)4/h7,9-10,12-20,27H,5-6,8,11H2,1-4H3,(H,30,32). The van der Waals surface area contributed by atoms with Crippen molar-refractivity contribution in [2.75, 3.05) is 5.32 Å². The van der Waals surface area contributed by atoms with Crippen LogP contribution < -0.4 is 10.1 Å². The van der Waals surface area contributed by atoms with Crippen molar-refractivity contribution < 1.29 is 19.2 Å². The van der Waals surface area contributed by atoms with Crippen molar-refractivity contribution in [2.45, 2.75) is 65.1 Å². The first-order valence-corrected chi connectivity index (χ1v) is 12.2. The summed E-state index contributed by atoms with van der Waals surface area (Å²) in [5.41, 5.74) is 2.38. The Kier molecular flexibility index (Phi) is 9.06. The highest BCUT2D eigenvalue weighted by Crippen LogP contribution is 2.36. The van der Waals surface area contributed by atoms with Crippen LogP contribution in [0.5, 0.6) is 5.75 Å². The molecule has 0 saturated heterocycles. The lowest BCUT2D eigenvalue weighted by atomic mass is 9.98. The van der Waals surface area contributed by atoms with E-state index >= 15 is 0 Å². The fraction of sp³-hybridized carbons (Fsp3) is 0.345. The minimum absolute atomic E-state index is 0.163. The predicted octanol–water partition coefficient (Wildman–Crippen LogP) is 7.84. The summed E-state index contributed by atoms with van der Waals surface area (Å²) in [5.74, 6) is 0.298. The van der Waals surface area contributed by atoms with Crippen molar-refractivity contribution >= 4 is 17.5 Å². The van der Waals surface area contributed by atoms with E-state index < -0.39 is 22.7 Å². The minimum Gasteiger partial charge on any atom is -0.479 e. The molecule has 190 valence electrons. The Hall–Kier alpha value is -3.87. The van der Waals surface area contributed by atoms with Crippen LogP contribution in [0.25, 0.3) is 0 Å². The first kappa shape index (κ1) is 26.7. The highest BCUT2D eigenvalue weighted by Gasteiger charge is 2.23. The van der Waals surface area contributed by atoms with Gasteiger partial charge in [0.25, 0.3) is 5.69 Å². The second-order valence-electron chi connectivity index (χ2n) is 9.67. The Labute approximate surface area is 212 Å². The molecule has 7 nitrogen and oxygen atoms in total. The van der Waals surface area contributed by atoms with Crippen molar-refractivity contribution in [1.29, 1.82) is 0 Å². The van der Waals surface area contributed by atoms with Gasteiger partial charge in [-0.1, -0.05) is 74.4 Å². The molecule has 0 aliphatic carbocycles. The van der Waals surface area contributed by atoms with Crippen LogP contribution in [0.4, 0.5) is 16.2 Å². The molecule has 0 aromatic heterocycles. The second kappa shape index (κ2) is 12.2. The van der Waals surface area contributed by atoms with Gasteiger partial charge in [0.05, 0.1) is 10.6 Å². The molecule has 1 unspecified atom stereocenters. The quantitative estimate of drug-likeness (QED) is 0.178. The lowest BCUT2D eigenvalue weighted by molar-refractivity contribution is -0.384. The number of hydrogen-bond acceptors (Lipinski definition) is 5. The van der Waals surface area contributed by atoms with Crippen LogP contribution in [0, 0.1) is 10.1 Å². The Balaban J connectivity index is 1.94. The van der Waals surface area contributed by atoms with Crippen LogP contribution in [0.15, 0.2) is 72.8 Å². The maximum atomic E-state index is 12.5. The van der Waals surface area contributed by atoms with Crippen molar-refractivity contribution in [3.05, 3.63) is 99.6 Å². The van der Waals surface area contributed by atoms with Crippen molar-refractivity contribution in [3.8, 4) is 5.75 Å². The zero-order valence-electron chi connectivity index (χ0n) is 21.3. The molecule has 3 aromatic carbocycles. The highest BCUT2D eigenvalue weighted by atomic mass is 16.6. The van der Waals surface area contributed by atoms with Gasteiger partial charge in [-0.15, -0.1) is 0 Å². The number of benzene rings is 3. The van der Waals surface area contributed by atoms with Gasteiger partial charge in [0.1, 0.15) is 17.5 Å². The topological polar surface area (TPSA) is 90.7 Å². The average molecular weight is 491 g/mol. The van der Waals surface area contributed by atoms with Crippen LogP contribution in [0.3, 0.4) is 0 Å². The van der Waals surface area contributed by atoms with Crippen LogP contribution >= 0.6 is 0 Å². The third-order valence-corrected chi connectivity index (χ3v) is 5.51. The van der Waals surface area contributed by atoms with Gasteiger partial charge >= 0.3 is 6.09 Å². The van der Waals surface area contributed by atoms with Gasteiger partial charge in [-0.2, -0.15) is 0 Å². The van der Waals surface area contributed by atoms with E-state index in [4.69, 9.17) is 9.47 Å². The Bertz CT molecular complexity index is 1150. The summed E-state index contributed by atoms with van der Waals surface area (Å²) in [6.07, 6.45) is 3.34. The number of unbranched alkanes of at least 4 members (excludes halogenated alkanes) is 2. The van der Waals surface area contributed by atoms with E-state index in [1.807, 2.05) is 42.5 Å². The molecule has 1 N–H and O–H groups in total. The minimum atomic E-state index is -0.725. The molecule has 1 amide bonds. The Morgan fingerprint density at radius 3 is 2.25 bits per heavy atom. The number of hydrogen-bond donors (Lipinski definition) is 1. The van der Waals surface area contributed by atoms with Crippen LogP contribution in [0.2, 0.25) is 0 Å². The van der Waals surface area contributed by atoms with Gasteiger partial charge < -0.3 is 9.47 Å². The van der Waals surface area contributed by atoms with E-state index in [9.17, 15) is 14.9 Å². The smallest absolute Gasteiger partial charge is 0.412 e. The molecule has 0 spiro atoms. The summed E-state index contributed by atoms with van der Waals surface area (Å²) in [6.45, 7) is 7.42. The first-order chi connectivity index (χ1) is 17.2. The summed E-state index contributed by atoms with van der Waals surface area (Å²) in [6, 6.07) is 22.2. The number of carbonyl (C=O) groups is 1. The zero-order chi connectivity index (χ0) is 26.1. The van der Waals surface area contributed by atoms with E-state index in [0.29, 0.717) is 5.75 Å². The number of aryl methyl sites for hydroxylation is 1. The fourth-order valence-corrected chi connectivity index (χ4v) is 3.77. The Morgan fingerprint density at radius 2 is 1.64 bits per heavy atom. The van der Waals surface area contributed by atoms with Gasteiger partial charge in [-0.3, -0.25) is 15.4 Å². The average Bonchev–Trinajstić information content (AvgIpc) is 2.83. The molecule has 36 heavy (non-hydrogen) atoms. The maximum Gasteiger partial charge on any atom is 0.412 e. The number of non-ortho nitro benzene ring substituents is 1. The van der Waals surface area contributed by atoms with E-state index in [0.717, 1.165) is 24.0 Å². The maximum absolute atomic E-state index is 12.5. The van der Waals surface area contributed by atoms with Crippen molar-refractivity contribution in [2.24, 2.45) is 0 Å². The second-order valence-corrected chi connectivity index (χ2v) is 9.67. The highest BCUT2D eigenvalue weighted by molar-refractivity contribution is 5.87. The predicted molar refractivity (Wildman–Crippen MR) is 142 cm³/mol. The van der Waals surface area contributed by atoms with E-state index in [2.05, 4.69) is 24.4 Å². The lowest BCUT2D eigenvalue weighted by Gasteiger charge is -2.23. The van der Waals surface area contributed by atoms with E-state index in [1.54, 1.807) is 20.8 Å². The van der Waals surface area contributed by atoms with Gasteiger partial charge in [0.15, 0.2) is 0 Å². The van der Waals surface area contributed by atoms with Gasteiger partial charge in [-0.25, -0.2) is 4.79 Å². The number of nitro benzene ring substituents is 1. The summed E-state index contributed by atoms with van der Waals surface area (Å²) >= 11 is 0. The Morgan fingerprint density at radius 1 is 0.972 bits per heavy atom. The molecule has 7 heteroatoms. The SMILES string of the molecule is CCCCCc1ccc(C(Oc2ccc([N+](=O)[O-])cc2NC(=O)OC(C)(C)C)c2ccccc2)cc1. The molecular formula is C29H34N2O5. The number of nitro groups is 1. The largest absolute Gasteiger partial charge is 0.479 e. The molecule has 0 radical (unpaired) electrons. The van der Waals surface area contributed by atoms with Gasteiger partial charge in [0.2, 0.25) is 0 Å². The molecule has 0 saturated carbocycles. The summed E-state index contributed by atoms with van der Waals surface area (Å²) < 4.78 is 11.8. The summed E-state index contributed by atoms with van der Waals surface area (Å²) in [5, 5.41) is 14.0. The van der Waals surface area contributed by atoms with Gasteiger partial charge in [0, 0.05) is 12.1 Å². The first-order valence-electron chi connectivity index (χ1n) is 12.2. The molecule has 3 aromatic rings. The summed E-state index contributed by atoms with van der Waals surface area (Å²) in [4.78, 5) is 23.3. The van der Waals surface area contributed by atoms with Crippen LogP contribution in [-0.4, -0.2) is 16.6 Å². The number of ether oxygens (including phenoxy) is 2. The number of rotatable bonds is 10. The lowest BCUT2D eigenvalue weighted by Crippen LogP contribution is -2.27. The fourth-order valence-electron chi connectivity index (χ4n) is 3.77. The van der Waals surface area contributed by atoms with Crippen LogP contribution in [-0.2, 0) is 11.2 Å². The molecule has 0 bridgehead atoms. The molecular weight excluding hydrogens is 456 g/mol. The number of nitrogens with zero attached hydrogens (tertiary/aromatic N) is 1. The molecule has 0 fully saturated rings. The van der Waals surface area contributed by atoms with Crippen molar-refractivity contribution in [1.82, 2.24) is 0 Å². The van der Waals surface area contributed by atoms with Crippen LogP contribution in [0.1, 0.15) is 69.8 Å². The molecule has 0 heterocycles. The number of nitrogens with one attached hydrogen (secondary N) is 1. The number of anilines is 1. The molecule has 0 aliphatic rings. The monoisotopic (exact) mass is 490 g/mol. The van der Waals surface area contributed by atoms with E-state index in [1.165, 1.54) is 36.6 Å². The van der Waals surface area contributed by atoms with Crippen molar-refractivity contribution in [3.63, 3.8) is 0 Å². The third-order valence-electron chi connectivity index (χ3n) is 5.51. The number of carbonyl (C=O) groups excluding carboxylic acids is 1. The number of amides is 1.